The number of fused-ring (bicyclic) bond motifs is 1. The van der Waals surface area contributed by atoms with Crippen molar-refractivity contribution in [1.82, 2.24) is 19.8 Å². The minimum absolute atomic E-state index is 0.00893. The maximum absolute atomic E-state index is 13.5. The molecule has 0 spiro atoms. The molecule has 7 heteroatoms. The van der Waals surface area contributed by atoms with E-state index >= 15 is 0 Å². The monoisotopic (exact) mass is 442 g/mol. The molecule has 1 aromatic rings. The van der Waals surface area contributed by atoms with Crippen LogP contribution in [0.5, 0.6) is 0 Å². The number of methoxy groups -OCH3 is 1. The second-order valence-electron chi connectivity index (χ2n) is 10.3. The number of carbonyl (C=O) groups excluding carboxylic acids is 1. The average molecular weight is 443 g/mol. The SMILES string of the molecule is COC1CCC(C(=O)N2CCCCC2c2nc3c(c(=O)[nH]2)CCN(C2CCCC2)C3)CC1. The third-order valence-electron chi connectivity index (χ3n) is 8.42. The van der Waals surface area contributed by atoms with Gasteiger partial charge in [-0.15, -0.1) is 0 Å². The van der Waals surface area contributed by atoms with Gasteiger partial charge in [-0.3, -0.25) is 14.5 Å². The smallest absolute Gasteiger partial charge is 0.254 e. The molecular weight excluding hydrogens is 404 g/mol. The number of aromatic amines is 1. The van der Waals surface area contributed by atoms with E-state index in [0.29, 0.717) is 11.9 Å². The molecule has 4 aliphatic rings. The second kappa shape index (κ2) is 9.64. The fourth-order valence-corrected chi connectivity index (χ4v) is 6.48. The van der Waals surface area contributed by atoms with Crippen molar-refractivity contribution in [2.75, 3.05) is 20.2 Å². The Kier molecular flexibility index (Phi) is 6.65. The molecule has 5 rings (SSSR count). The number of amides is 1. The first-order valence-corrected chi connectivity index (χ1v) is 12.8. The van der Waals surface area contributed by atoms with E-state index in [9.17, 15) is 9.59 Å². The van der Waals surface area contributed by atoms with E-state index in [0.717, 1.165) is 82.3 Å². The van der Waals surface area contributed by atoms with E-state index in [1.807, 2.05) is 4.90 Å². The fraction of sp³-hybridized carbons (Fsp3) is 0.800. The molecule has 1 amide bonds. The second-order valence-corrected chi connectivity index (χ2v) is 10.3. The summed E-state index contributed by atoms with van der Waals surface area (Å²) in [4.78, 5) is 39.1. The lowest BCUT2D eigenvalue weighted by Crippen LogP contribution is -2.45. The number of hydrogen-bond donors (Lipinski definition) is 1. The van der Waals surface area contributed by atoms with Crippen molar-refractivity contribution in [2.45, 2.75) is 102 Å². The lowest BCUT2D eigenvalue weighted by atomic mass is 9.85. The van der Waals surface area contributed by atoms with Gasteiger partial charge in [-0.25, -0.2) is 4.98 Å². The van der Waals surface area contributed by atoms with Gasteiger partial charge in [0.15, 0.2) is 0 Å². The Balaban J connectivity index is 1.35. The molecule has 7 nitrogen and oxygen atoms in total. The summed E-state index contributed by atoms with van der Waals surface area (Å²) >= 11 is 0. The number of ether oxygens (including phenoxy) is 1. The van der Waals surface area contributed by atoms with Crippen LogP contribution in [0.25, 0.3) is 0 Å². The predicted octanol–water partition coefficient (Wildman–Crippen LogP) is 3.33. The number of nitrogens with one attached hydrogen (secondary N) is 1. The lowest BCUT2D eigenvalue weighted by Gasteiger charge is -2.39. The van der Waals surface area contributed by atoms with Crippen LogP contribution >= 0.6 is 0 Å². The van der Waals surface area contributed by atoms with Crippen molar-refractivity contribution >= 4 is 5.91 Å². The molecule has 1 aromatic heterocycles. The standard InChI is InChI=1S/C25H38N4O3/c1-32-19-11-9-17(10-12-19)25(31)29-14-5-4-8-22(29)23-26-21-16-28(18-6-2-3-7-18)15-13-20(21)24(30)27-23/h17-19,22H,2-16H2,1H3,(H,26,27,30). The largest absolute Gasteiger partial charge is 0.381 e. The number of hydrogen-bond acceptors (Lipinski definition) is 5. The molecule has 3 heterocycles. The summed E-state index contributed by atoms with van der Waals surface area (Å²) in [5, 5.41) is 0. The number of nitrogens with zero attached hydrogens (tertiary/aromatic N) is 3. The van der Waals surface area contributed by atoms with Crippen molar-refractivity contribution in [3.8, 4) is 0 Å². The van der Waals surface area contributed by atoms with Crippen LogP contribution in [-0.2, 0) is 22.5 Å². The van der Waals surface area contributed by atoms with Gasteiger partial charge in [0.05, 0.1) is 17.8 Å². The normalized spacial score (nSPS) is 29.8. The van der Waals surface area contributed by atoms with E-state index in [2.05, 4.69) is 9.88 Å². The van der Waals surface area contributed by atoms with Gasteiger partial charge >= 0.3 is 0 Å². The lowest BCUT2D eigenvalue weighted by molar-refractivity contribution is -0.141. The first kappa shape index (κ1) is 22.1. The Labute approximate surface area is 190 Å². The molecule has 3 fully saturated rings. The first-order valence-electron chi connectivity index (χ1n) is 12.8. The molecule has 0 radical (unpaired) electrons. The van der Waals surface area contributed by atoms with Gasteiger partial charge in [0.25, 0.3) is 5.56 Å². The van der Waals surface area contributed by atoms with Crippen molar-refractivity contribution in [1.29, 1.82) is 0 Å². The summed E-state index contributed by atoms with van der Waals surface area (Å²) in [6.45, 7) is 2.50. The quantitative estimate of drug-likeness (QED) is 0.774. The first-order chi connectivity index (χ1) is 15.6. The third kappa shape index (κ3) is 4.38. The van der Waals surface area contributed by atoms with E-state index < -0.39 is 0 Å². The number of carbonyl (C=O) groups is 1. The zero-order valence-electron chi connectivity index (χ0n) is 19.5. The van der Waals surface area contributed by atoms with Gasteiger partial charge in [0, 0.05) is 44.3 Å². The van der Waals surface area contributed by atoms with Gasteiger partial charge in [0.1, 0.15) is 5.82 Å². The van der Waals surface area contributed by atoms with Gasteiger partial charge in [0.2, 0.25) is 5.91 Å². The summed E-state index contributed by atoms with van der Waals surface area (Å²) in [5.74, 6) is 1.03. The van der Waals surface area contributed by atoms with Crippen LogP contribution in [0.4, 0.5) is 0 Å². The minimum Gasteiger partial charge on any atom is -0.381 e. The predicted molar refractivity (Wildman–Crippen MR) is 122 cm³/mol. The summed E-state index contributed by atoms with van der Waals surface area (Å²) < 4.78 is 5.49. The molecule has 2 aliphatic heterocycles. The van der Waals surface area contributed by atoms with Crippen molar-refractivity contribution < 1.29 is 9.53 Å². The van der Waals surface area contributed by atoms with Crippen LogP contribution in [0.3, 0.4) is 0 Å². The molecule has 0 aromatic carbocycles. The van der Waals surface area contributed by atoms with Gasteiger partial charge in [-0.05, 0) is 64.2 Å². The highest BCUT2D eigenvalue weighted by atomic mass is 16.5. The summed E-state index contributed by atoms with van der Waals surface area (Å²) in [6, 6.07) is 0.541. The minimum atomic E-state index is -0.101. The molecule has 1 atom stereocenters. The molecule has 2 aliphatic carbocycles. The molecule has 32 heavy (non-hydrogen) atoms. The molecule has 1 saturated heterocycles. The van der Waals surface area contributed by atoms with Crippen molar-refractivity contribution in [3.05, 3.63) is 27.4 Å². The zero-order valence-corrected chi connectivity index (χ0v) is 19.5. The zero-order chi connectivity index (χ0) is 22.1. The highest BCUT2D eigenvalue weighted by Crippen LogP contribution is 2.35. The topological polar surface area (TPSA) is 78.5 Å². The Morgan fingerprint density at radius 3 is 2.50 bits per heavy atom. The van der Waals surface area contributed by atoms with Crippen molar-refractivity contribution in [3.63, 3.8) is 0 Å². The Morgan fingerprint density at radius 1 is 1.00 bits per heavy atom. The van der Waals surface area contributed by atoms with Crippen LogP contribution in [0.2, 0.25) is 0 Å². The molecule has 1 N–H and O–H groups in total. The number of piperidine rings is 1. The molecule has 0 bridgehead atoms. The number of rotatable bonds is 4. The Morgan fingerprint density at radius 2 is 1.75 bits per heavy atom. The van der Waals surface area contributed by atoms with Gasteiger partial charge in [-0.2, -0.15) is 0 Å². The Bertz CT molecular complexity index is 870. The third-order valence-corrected chi connectivity index (χ3v) is 8.42. The maximum Gasteiger partial charge on any atom is 0.254 e. The number of H-pyrrole nitrogens is 1. The number of aromatic nitrogens is 2. The fourth-order valence-electron chi connectivity index (χ4n) is 6.48. The Hall–Kier alpha value is -1.73. The highest BCUT2D eigenvalue weighted by Gasteiger charge is 2.36. The van der Waals surface area contributed by atoms with Crippen LogP contribution in [0, 0.1) is 5.92 Å². The average Bonchev–Trinajstić information content (AvgIpc) is 3.38. The van der Waals surface area contributed by atoms with Crippen LogP contribution < -0.4 is 5.56 Å². The van der Waals surface area contributed by atoms with Crippen LogP contribution in [0.1, 0.15) is 93.8 Å². The highest BCUT2D eigenvalue weighted by molar-refractivity contribution is 5.79. The van der Waals surface area contributed by atoms with Crippen LogP contribution in [0.15, 0.2) is 4.79 Å². The van der Waals surface area contributed by atoms with Gasteiger partial charge in [-0.1, -0.05) is 12.8 Å². The van der Waals surface area contributed by atoms with E-state index in [4.69, 9.17) is 9.72 Å². The van der Waals surface area contributed by atoms with Crippen molar-refractivity contribution in [2.24, 2.45) is 5.92 Å². The molecule has 2 saturated carbocycles. The summed E-state index contributed by atoms with van der Waals surface area (Å²) in [6.07, 6.45) is 12.9. The van der Waals surface area contributed by atoms with E-state index in [-0.39, 0.29) is 29.5 Å². The van der Waals surface area contributed by atoms with Gasteiger partial charge < -0.3 is 14.6 Å². The molecule has 176 valence electrons. The van der Waals surface area contributed by atoms with E-state index in [1.165, 1.54) is 25.7 Å². The van der Waals surface area contributed by atoms with E-state index in [1.54, 1.807) is 7.11 Å². The summed E-state index contributed by atoms with van der Waals surface area (Å²) in [7, 11) is 1.76. The molecule has 1 unspecified atom stereocenters. The number of likely N-dealkylation sites (tertiary alicyclic amines) is 1. The van der Waals surface area contributed by atoms with Crippen LogP contribution in [-0.4, -0.2) is 58.0 Å². The maximum atomic E-state index is 13.5. The molecular formula is C25H38N4O3. The summed E-state index contributed by atoms with van der Waals surface area (Å²) in [5.41, 5.74) is 1.81.